The molecule has 0 aromatic heterocycles. The molecule has 4 nitrogen and oxygen atoms in total. The molecule has 1 aliphatic rings. The van der Waals surface area contributed by atoms with E-state index in [1.807, 2.05) is 0 Å². The Kier molecular flexibility index (Phi) is 4.31. The molecule has 2 N–H and O–H groups in total. The molecule has 0 radical (unpaired) electrons. The van der Waals surface area contributed by atoms with Crippen LogP contribution in [-0.2, 0) is 20.1 Å². The summed E-state index contributed by atoms with van der Waals surface area (Å²) in [5, 5.41) is 2.22. The van der Waals surface area contributed by atoms with Gasteiger partial charge in [-0.05, 0) is 44.4 Å². The van der Waals surface area contributed by atoms with Crippen molar-refractivity contribution in [1.29, 1.82) is 4.78 Å². The fourth-order valence-corrected chi connectivity index (χ4v) is 4.81. The molecular formula is C14H18ClFN2O2S. The van der Waals surface area contributed by atoms with Gasteiger partial charge in [0.1, 0.15) is 11.1 Å². The molecule has 2 rings (SSSR count). The fraction of sp³-hybridized carbons (Fsp3) is 0.500. The molecule has 116 valence electrons. The fourth-order valence-electron chi connectivity index (χ4n) is 2.57. The molecule has 1 saturated heterocycles. The number of nitrogens with one attached hydrogen (secondary N) is 2. The number of benzene rings is 1. The zero-order valence-electron chi connectivity index (χ0n) is 11.9. The minimum atomic E-state index is -2.86. The summed E-state index contributed by atoms with van der Waals surface area (Å²) in [5.41, 5.74) is -0.256. The summed E-state index contributed by atoms with van der Waals surface area (Å²) in [7, 11) is -2.86. The lowest BCUT2D eigenvalue weighted by Gasteiger charge is -2.29. The zero-order valence-corrected chi connectivity index (χ0v) is 13.5. The summed E-state index contributed by atoms with van der Waals surface area (Å²) in [6, 6.07) is 3.98. The summed E-state index contributed by atoms with van der Waals surface area (Å²) in [6.45, 7) is 3.48. The van der Waals surface area contributed by atoms with Crippen molar-refractivity contribution in [2.45, 2.75) is 37.5 Å². The zero-order chi connectivity index (χ0) is 15.8. The molecule has 2 unspecified atom stereocenters. The SMILES string of the molecule is CC(C)(NC(=O)C1CCCS1(=N)=O)c1ccc(F)cc1Cl. The number of carbonyl (C=O) groups is 1. The van der Waals surface area contributed by atoms with E-state index in [9.17, 15) is 13.4 Å². The molecule has 0 bridgehead atoms. The number of rotatable bonds is 3. The molecule has 2 atom stereocenters. The van der Waals surface area contributed by atoms with Gasteiger partial charge < -0.3 is 5.32 Å². The molecular weight excluding hydrogens is 315 g/mol. The maximum atomic E-state index is 13.1. The molecule has 1 heterocycles. The Balaban J connectivity index is 2.23. The lowest BCUT2D eigenvalue weighted by atomic mass is 9.93. The van der Waals surface area contributed by atoms with Gasteiger partial charge in [-0.3, -0.25) is 9.57 Å². The summed E-state index contributed by atoms with van der Waals surface area (Å²) >= 11 is 6.03. The second kappa shape index (κ2) is 5.57. The number of carbonyl (C=O) groups excluding carboxylic acids is 1. The highest BCUT2D eigenvalue weighted by molar-refractivity contribution is 7.94. The van der Waals surface area contributed by atoms with Gasteiger partial charge in [-0.15, -0.1) is 0 Å². The van der Waals surface area contributed by atoms with Crippen LogP contribution in [0.5, 0.6) is 0 Å². The Morgan fingerprint density at radius 2 is 2.19 bits per heavy atom. The van der Waals surface area contributed by atoms with Gasteiger partial charge in [0.25, 0.3) is 0 Å². The van der Waals surface area contributed by atoms with Crippen LogP contribution in [0.25, 0.3) is 0 Å². The van der Waals surface area contributed by atoms with Gasteiger partial charge >= 0.3 is 0 Å². The Bertz CT molecular complexity index is 674. The minimum absolute atomic E-state index is 0.221. The van der Waals surface area contributed by atoms with Crippen LogP contribution in [-0.4, -0.2) is 21.1 Å². The van der Waals surface area contributed by atoms with Gasteiger partial charge in [-0.25, -0.2) is 8.60 Å². The van der Waals surface area contributed by atoms with Gasteiger partial charge in [0.15, 0.2) is 0 Å². The van der Waals surface area contributed by atoms with Crippen molar-refractivity contribution < 1.29 is 13.4 Å². The maximum absolute atomic E-state index is 13.1. The van der Waals surface area contributed by atoms with Crippen LogP contribution >= 0.6 is 11.6 Å². The quantitative estimate of drug-likeness (QED) is 0.893. The number of halogens is 2. The van der Waals surface area contributed by atoms with Crippen LogP contribution in [0.15, 0.2) is 18.2 Å². The lowest BCUT2D eigenvalue weighted by molar-refractivity contribution is -0.122. The summed E-state index contributed by atoms with van der Waals surface area (Å²) in [5.74, 6) is -0.586. The molecule has 1 aliphatic heterocycles. The predicted octanol–water partition coefficient (Wildman–Crippen LogP) is 3.04. The molecule has 1 aromatic rings. The molecule has 7 heteroatoms. The van der Waals surface area contributed by atoms with Crippen molar-refractivity contribution in [1.82, 2.24) is 5.32 Å². The van der Waals surface area contributed by atoms with Gasteiger partial charge in [-0.2, -0.15) is 0 Å². The molecule has 21 heavy (non-hydrogen) atoms. The lowest BCUT2D eigenvalue weighted by Crippen LogP contribution is -2.47. The van der Waals surface area contributed by atoms with Crippen molar-refractivity contribution in [3.05, 3.63) is 34.6 Å². The average Bonchev–Trinajstić information content (AvgIpc) is 2.67. The third-order valence-corrected chi connectivity index (χ3v) is 6.28. The first-order valence-electron chi connectivity index (χ1n) is 6.66. The van der Waals surface area contributed by atoms with Crippen LogP contribution in [0.2, 0.25) is 5.02 Å². The van der Waals surface area contributed by atoms with Crippen molar-refractivity contribution in [3.8, 4) is 0 Å². The Morgan fingerprint density at radius 1 is 1.52 bits per heavy atom. The first-order chi connectivity index (χ1) is 9.63. The summed E-state index contributed by atoms with van der Waals surface area (Å²) < 4.78 is 32.9. The van der Waals surface area contributed by atoms with E-state index in [1.165, 1.54) is 18.2 Å². The first kappa shape index (κ1) is 16.2. The minimum Gasteiger partial charge on any atom is -0.346 e. The van der Waals surface area contributed by atoms with Gasteiger partial charge in [-0.1, -0.05) is 17.7 Å². The van der Waals surface area contributed by atoms with Gasteiger partial charge in [0.2, 0.25) is 5.91 Å². The molecule has 1 fully saturated rings. The van der Waals surface area contributed by atoms with Crippen LogP contribution in [0, 0.1) is 10.6 Å². The molecule has 0 saturated carbocycles. The van der Waals surface area contributed by atoms with Gasteiger partial charge in [0.05, 0.1) is 15.3 Å². The largest absolute Gasteiger partial charge is 0.346 e. The smallest absolute Gasteiger partial charge is 0.237 e. The highest BCUT2D eigenvalue weighted by Crippen LogP contribution is 2.29. The van der Waals surface area contributed by atoms with Crippen molar-refractivity contribution >= 4 is 27.2 Å². The number of amides is 1. The van der Waals surface area contributed by atoms with E-state index in [0.29, 0.717) is 18.4 Å². The molecule has 1 amide bonds. The third kappa shape index (κ3) is 3.37. The van der Waals surface area contributed by atoms with E-state index in [2.05, 4.69) is 5.32 Å². The predicted molar refractivity (Wildman–Crippen MR) is 81.3 cm³/mol. The molecule has 1 aromatic carbocycles. The van der Waals surface area contributed by atoms with E-state index in [1.54, 1.807) is 13.8 Å². The van der Waals surface area contributed by atoms with E-state index >= 15 is 0 Å². The Hall–Kier alpha value is -1.14. The topological polar surface area (TPSA) is 70.0 Å². The van der Waals surface area contributed by atoms with Crippen LogP contribution in [0.4, 0.5) is 4.39 Å². The molecule has 0 aliphatic carbocycles. The third-order valence-electron chi connectivity index (χ3n) is 3.71. The maximum Gasteiger partial charge on any atom is 0.237 e. The Labute approximate surface area is 129 Å². The van der Waals surface area contributed by atoms with Crippen molar-refractivity contribution in [2.24, 2.45) is 0 Å². The van der Waals surface area contributed by atoms with Crippen LogP contribution in [0.3, 0.4) is 0 Å². The van der Waals surface area contributed by atoms with E-state index < -0.39 is 32.2 Å². The van der Waals surface area contributed by atoms with E-state index in [0.717, 1.165) is 0 Å². The number of hydrogen-bond donors (Lipinski definition) is 2. The second-order valence-corrected chi connectivity index (χ2v) is 8.64. The summed E-state index contributed by atoms with van der Waals surface area (Å²) in [4.78, 5) is 12.3. The van der Waals surface area contributed by atoms with Crippen molar-refractivity contribution in [2.75, 3.05) is 5.75 Å². The Morgan fingerprint density at radius 3 is 2.71 bits per heavy atom. The van der Waals surface area contributed by atoms with Crippen LogP contribution < -0.4 is 5.32 Å². The monoisotopic (exact) mass is 332 g/mol. The standard InChI is InChI=1S/C14H18ClFN2O2S/c1-14(2,10-6-5-9(16)8-11(10)15)18-13(19)12-4-3-7-21(12,17)20/h5-6,8,12,17H,3-4,7H2,1-2H3,(H,18,19). The van der Waals surface area contributed by atoms with E-state index in [4.69, 9.17) is 16.4 Å². The number of hydrogen-bond acceptors (Lipinski definition) is 3. The van der Waals surface area contributed by atoms with Crippen LogP contribution in [0.1, 0.15) is 32.3 Å². The van der Waals surface area contributed by atoms with E-state index in [-0.39, 0.29) is 10.8 Å². The van der Waals surface area contributed by atoms with Crippen molar-refractivity contribution in [3.63, 3.8) is 0 Å². The molecule has 0 spiro atoms. The average molecular weight is 333 g/mol. The highest BCUT2D eigenvalue weighted by Gasteiger charge is 2.37. The second-order valence-electron chi connectivity index (χ2n) is 5.80. The highest BCUT2D eigenvalue weighted by atomic mass is 35.5. The summed E-state index contributed by atoms with van der Waals surface area (Å²) in [6.07, 6.45) is 1.08. The van der Waals surface area contributed by atoms with Gasteiger partial charge in [0, 0.05) is 10.8 Å². The normalized spacial score (nSPS) is 25.8. The first-order valence-corrected chi connectivity index (χ1v) is 8.83.